The number of aromatic hydroxyl groups is 1. The van der Waals surface area contributed by atoms with Crippen LogP contribution in [0.1, 0.15) is 5.56 Å². The fraction of sp³-hybridized carbons (Fsp3) is 0.176. The molecule has 0 aliphatic rings. The summed E-state index contributed by atoms with van der Waals surface area (Å²) in [5.74, 6) is -0.881. The fourth-order valence-corrected chi connectivity index (χ4v) is 3.05. The Morgan fingerprint density at radius 1 is 1.07 bits per heavy atom. The third-order valence-electron chi connectivity index (χ3n) is 4.48. The van der Waals surface area contributed by atoms with Crippen molar-refractivity contribution < 1.29 is 9.50 Å². The molecule has 0 radical (unpaired) electrons. The Hall–Kier alpha value is -3.69. The van der Waals surface area contributed by atoms with Crippen LogP contribution >= 0.6 is 0 Å². The van der Waals surface area contributed by atoms with E-state index < -0.39 is 28.5 Å². The number of halogens is 1. The van der Waals surface area contributed by atoms with E-state index in [0.29, 0.717) is 5.56 Å². The van der Waals surface area contributed by atoms with Crippen molar-refractivity contribution in [3.63, 3.8) is 0 Å². The SMILES string of the molecule is Cn1c(=O)c2c(nc3n(Cc4ccc(F)cc4)c(=O)cc(O)n23)n(C)c1=O. The predicted molar refractivity (Wildman–Crippen MR) is 94.6 cm³/mol. The molecule has 0 spiro atoms. The van der Waals surface area contributed by atoms with Crippen molar-refractivity contribution >= 4 is 16.9 Å². The zero-order valence-electron chi connectivity index (χ0n) is 14.4. The van der Waals surface area contributed by atoms with Crippen LogP contribution in [-0.2, 0) is 20.6 Å². The topological polar surface area (TPSA) is 104 Å². The smallest absolute Gasteiger partial charge is 0.332 e. The highest BCUT2D eigenvalue weighted by Gasteiger charge is 2.20. The number of fused-ring (bicyclic) bond motifs is 3. The first-order valence-corrected chi connectivity index (χ1v) is 7.95. The second-order valence-corrected chi connectivity index (χ2v) is 6.18. The van der Waals surface area contributed by atoms with Gasteiger partial charge in [0.15, 0.2) is 11.2 Å². The average Bonchev–Trinajstić information content (AvgIpc) is 3.04. The first-order chi connectivity index (χ1) is 12.8. The second-order valence-electron chi connectivity index (χ2n) is 6.18. The molecule has 0 bridgehead atoms. The number of benzene rings is 1. The Morgan fingerprint density at radius 2 is 1.74 bits per heavy atom. The standard InChI is InChI=1S/C17H14FN5O4/c1-20-14-13(15(26)21(2)17(20)27)23-12(25)7-11(24)22(16(23)19-14)8-9-3-5-10(18)6-4-9/h3-7,25H,8H2,1-2H3. The minimum absolute atomic E-state index is 0.00220. The van der Waals surface area contributed by atoms with E-state index in [2.05, 4.69) is 4.98 Å². The molecule has 0 aliphatic heterocycles. The first kappa shape index (κ1) is 16.8. The predicted octanol–water partition coefficient (Wildman–Crippen LogP) is -0.0604. The van der Waals surface area contributed by atoms with Crippen LogP contribution in [0, 0.1) is 5.82 Å². The van der Waals surface area contributed by atoms with Crippen molar-refractivity contribution in [3.8, 4) is 5.88 Å². The minimum atomic E-state index is -0.650. The average molecular weight is 371 g/mol. The second kappa shape index (κ2) is 5.66. The molecule has 1 N–H and O–H groups in total. The molecule has 138 valence electrons. The highest BCUT2D eigenvalue weighted by Crippen LogP contribution is 2.18. The molecule has 4 rings (SSSR count). The van der Waals surface area contributed by atoms with Crippen molar-refractivity contribution in [1.29, 1.82) is 0 Å². The monoisotopic (exact) mass is 371 g/mol. The molecule has 9 nitrogen and oxygen atoms in total. The van der Waals surface area contributed by atoms with Gasteiger partial charge < -0.3 is 5.11 Å². The Labute approximate surface area is 149 Å². The zero-order chi connectivity index (χ0) is 19.5. The van der Waals surface area contributed by atoms with E-state index in [1.807, 2.05) is 0 Å². The van der Waals surface area contributed by atoms with Crippen LogP contribution in [0.4, 0.5) is 4.39 Å². The molecule has 0 atom stereocenters. The number of aryl methyl sites for hydroxylation is 1. The van der Waals surface area contributed by atoms with Crippen LogP contribution in [0.2, 0.25) is 0 Å². The Balaban J connectivity index is 2.12. The van der Waals surface area contributed by atoms with E-state index in [4.69, 9.17) is 0 Å². The van der Waals surface area contributed by atoms with Crippen LogP contribution in [0.3, 0.4) is 0 Å². The largest absolute Gasteiger partial charge is 0.494 e. The summed E-state index contributed by atoms with van der Waals surface area (Å²) in [6, 6.07) is 6.52. The molecule has 27 heavy (non-hydrogen) atoms. The summed E-state index contributed by atoms with van der Waals surface area (Å²) in [7, 11) is 2.76. The van der Waals surface area contributed by atoms with Crippen molar-refractivity contribution in [3.05, 3.63) is 72.9 Å². The van der Waals surface area contributed by atoms with Crippen molar-refractivity contribution in [2.45, 2.75) is 6.54 Å². The summed E-state index contributed by atoms with van der Waals surface area (Å²) in [4.78, 5) is 41.4. The highest BCUT2D eigenvalue weighted by molar-refractivity contribution is 5.76. The van der Waals surface area contributed by atoms with Gasteiger partial charge in [0.05, 0.1) is 12.6 Å². The van der Waals surface area contributed by atoms with E-state index in [9.17, 15) is 23.9 Å². The third-order valence-corrected chi connectivity index (χ3v) is 4.48. The van der Waals surface area contributed by atoms with E-state index in [0.717, 1.165) is 19.6 Å². The van der Waals surface area contributed by atoms with Gasteiger partial charge in [-0.1, -0.05) is 12.1 Å². The summed E-state index contributed by atoms with van der Waals surface area (Å²) < 4.78 is 17.5. The Morgan fingerprint density at radius 3 is 2.41 bits per heavy atom. The highest BCUT2D eigenvalue weighted by atomic mass is 19.1. The van der Waals surface area contributed by atoms with E-state index in [1.54, 1.807) is 0 Å². The fourth-order valence-electron chi connectivity index (χ4n) is 3.05. The first-order valence-electron chi connectivity index (χ1n) is 7.95. The molecule has 0 amide bonds. The third kappa shape index (κ3) is 2.37. The van der Waals surface area contributed by atoms with Gasteiger partial charge in [-0.2, -0.15) is 4.98 Å². The number of imidazole rings is 1. The number of hydrogen-bond acceptors (Lipinski definition) is 5. The quantitative estimate of drug-likeness (QED) is 0.532. The Kier molecular flexibility index (Phi) is 3.51. The van der Waals surface area contributed by atoms with Crippen LogP contribution in [0.5, 0.6) is 5.88 Å². The molecule has 10 heteroatoms. The molecule has 3 heterocycles. The van der Waals surface area contributed by atoms with Crippen molar-refractivity contribution in [2.75, 3.05) is 0 Å². The molecule has 0 saturated heterocycles. The maximum Gasteiger partial charge on any atom is 0.332 e. The lowest BCUT2D eigenvalue weighted by molar-refractivity contribution is 0.442. The molecule has 3 aromatic heterocycles. The van der Waals surface area contributed by atoms with Crippen molar-refractivity contribution in [1.82, 2.24) is 23.1 Å². The summed E-state index contributed by atoms with van der Waals surface area (Å²) in [6.45, 7) is 0.0421. The summed E-state index contributed by atoms with van der Waals surface area (Å²) in [5.41, 5.74) is -1.15. The van der Waals surface area contributed by atoms with Gasteiger partial charge in [0.2, 0.25) is 11.7 Å². The van der Waals surface area contributed by atoms with Gasteiger partial charge in [-0.25, -0.2) is 13.6 Å². The molecule has 0 saturated carbocycles. The molecule has 0 fully saturated rings. The van der Waals surface area contributed by atoms with Gasteiger partial charge in [0.1, 0.15) is 5.82 Å². The van der Waals surface area contributed by atoms with Gasteiger partial charge in [-0.05, 0) is 17.7 Å². The lowest BCUT2D eigenvalue weighted by Crippen LogP contribution is -2.37. The summed E-state index contributed by atoms with van der Waals surface area (Å²) >= 11 is 0. The van der Waals surface area contributed by atoms with E-state index in [1.165, 1.54) is 42.9 Å². The number of rotatable bonds is 2. The maximum absolute atomic E-state index is 13.1. The normalized spacial score (nSPS) is 11.5. The molecular weight excluding hydrogens is 357 g/mol. The van der Waals surface area contributed by atoms with Gasteiger partial charge >= 0.3 is 5.69 Å². The molecular formula is C17H14FN5O4. The lowest BCUT2D eigenvalue weighted by Gasteiger charge is -2.09. The van der Waals surface area contributed by atoms with Crippen LogP contribution in [-0.4, -0.2) is 28.2 Å². The number of aromatic nitrogens is 5. The number of hydrogen-bond donors (Lipinski definition) is 1. The lowest BCUT2D eigenvalue weighted by atomic mass is 10.2. The minimum Gasteiger partial charge on any atom is -0.494 e. The summed E-state index contributed by atoms with van der Waals surface area (Å²) in [5, 5.41) is 10.3. The van der Waals surface area contributed by atoms with Gasteiger partial charge in [0, 0.05) is 14.1 Å². The summed E-state index contributed by atoms with van der Waals surface area (Å²) in [6.07, 6.45) is 0. The molecule has 0 unspecified atom stereocenters. The molecule has 1 aromatic carbocycles. The number of nitrogens with zero attached hydrogens (tertiary/aromatic N) is 5. The van der Waals surface area contributed by atoms with E-state index >= 15 is 0 Å². The van der Waals surface area contributed by atoms with Crippen LogP contribution in [0.25, 0.3) is 16.9 Å². The zero-order valence-corrected chi connectivity index (χ0v) is 14.4. The van der Waals surface area contributed by atoms with Crippen LogP contribution < -0.4 is 16.8 Å². The van der Waals surface area contributed by atoms with Gasteiger partial charge in [-0.3, -0.25) is 23.3 Å². The Bertz CT molecular complexity index is 1390. The molecule has 4 aromatic rings. The van der Waals surface area contributed by atoms with Gasteiger partial charge in [0.25, 0.3) is 11.1 Å². The molecule has 0 aliphatic carbocycles. The maximum atomic E-state index is 13.1. The van der Waals surface area contributed by atoms with Crippen LogP contribution in [0.15, 0.2) is 44.7 Å². The van der Waals surface area contributed by atoms with Gasteiger partial charge in [-0.15, -0.1) is 0 Å². The van der Waals surface area contributed by atoms with E-state index in [-0.39, 0.29) is 23.5 Å². The van der Waals surface area contributed by atoms with Crippen molar-refractivity contribution in [2.24, 2.45) is 14.1 Å².